The summed E-state index contributed by atoms with van der Waals surface area (Å²) in [5.41, 5.74) is 2.29. The van der Waals surface area contributed by atoms with Gasteiger partial charge in [-0.2, -0.15) is 8.42 Å². The molecule has 1 aliphatic heterocycles. The van der Waals surface area contributed by atoms with Gasteiger partial charge in [-0.05, 0) is 40.8 Å². The predicted molar refractivity (Wildman–Crippen MR) is 124 cm³/mol. The molecule has 3 aromatic carbocycles. The number of hydrogen-bond acceptors (Lipinski definition) is 6. The molecular formula is C22H21N3O6S2. The monoisotopic (exact) mass is 487 g/mol. The SMILES string of the molecule is NS(=O)(=O)C(c1ccccc1)c1ccccc1Cc1ccc(N2C=C(O)NS2(=O)=O)c(O)c1. The normalized spacial score (nSPS) is 16.2. The number of primary sulfonamides is 1. The van der Waals surface area contributed by atoms with Crippen molar-refractivity contribution in [1.29, 1.82) is 0 Å². The summed E-state index contributed by atoms with van der Waals surface area (Å²) in [7, 11) is -8.04. The lowest BCUT2D eigenvalue weighted by molar-refractivity contribution is 0.392. The van der Waals surface area contributed by atoms with Crippen LogP contribution in [0.25, 0.3) is 0 Å². The van der Waals surface area contributed by atoms with Gasteiger partial charge in [0.25, 0.3) is 0 Å². The molecule has 0 aromatic heterocycles. The van der Waals surface area contributed by atoms with E-state index in [0.29, 0.717) is 22.3 Å². The molecule has 0 amide bonds. The highest BCUT2D eigenvalue weighted by Gasteiger charge is 2.31. The van der Waals surface area contributed by atoms with Crippen LogP contribution in [0.3, 0.4) is 0 Å². The second kappa shape index (κ2) is 8.43. The van der Waals surface area contributed by atoms with Gasteiger partial charge in [0.15, 0.2) is 0 Å². The van der Waals surface area contributed by atoms with Gasteiger partial charge < -0.3 is 10.2 Å². The molecule has 33 heavy (non-hydrogen) atoms. The number of hydrogen-bond donors (Lipinski definition) is 4. The Balaban J connectivity index is 1.71. The lowest BCUT2D eigenvalue weighted by Crippen LogP contribution is -2.29. The molecule has 0 radical (unpaired) electrons. The molecule has 0 saturated carbocycles. The first-order valence-corrected chi connectivity index (χ1v) is 12.8. The van der Waals surface area contributed by atoms with E-state index in [9.17, 15) is 27.0 Å². The largest absolute Gasteiger partial charge is 0.506 e. The van der Waals surface area contributed by atoms with Crippen LogP contribution in [0.15, 0.2) is 84.9 Å². The predicted octanol–water partition coefficient (Wildman–Crippen LogP) is 2.37. The zero-order valence-corrected chi connectivity index (χ0v) is 18.8. The number of phenols is 1. The van der Waals surface area contributed by atoms with Gasteiger partial charge in [-0.15, -0.1) is 0 Å². The highest BCUT2D eigenvalue weighted by molar-refractivity contribution is 7.91. The van der Waals surface area contributed by atoms with Crippen LogP contribution in [0.2, 0.25) is 0 Å². The van der Waals surface area contributed by atoms with Crippen LogP contribution in [-0.2, 0) is 26.7 Å². The zero-order chi connectivity index (χ0) is 23.8. The van der Waals surface area contributed by atoms with Crippen molar-refractivity contribution in [3.63, 3.8) is 0 Å². The molecule has 5 N–H and O–H groups in total. The van der Waals surface area contributed by atoms with Gasteiger partial charge in [-0.1, -0.05) is 60.7 Å². The van der Waals surface area contributed by atoms with E-state index in [2.05, 4.69) is 0 Å². The Labute approximate surface area is 191 Å². The van der Waals surface area contributed by atoms with Gasteiger partial charge in [0.2, 0.25) is 15.9 Å². The van der Waals surface area contributed by atoms with Gasteiger partial charge in [0.05, 0.1) is 6.20 Å². The number of anilines is 1. The number of aromatic hydroxyl groups is 1. The summed E-state index contributed by atoms with van der Waals surface area (Å²) in [6.45, 7) is 0. The first kappa shape index (κ1) is 22.6. The van der Waals surface area contributed by atoms with Crippen LogP contribution < -0.4 is 14.2 Å². The zero-order valence-electron chi connectivity index (χ0n) is 17.2. The molecule has 3 aromatic rings. The standard InChI is InChI=1S/C22H21N3O6S2/c23-32(28,29)22(16-6-2-1-3-7-16)18-9-5-4-8-17(18)12-15-10-11-19(20(26)13-15)25-14-21(27)24-33(25,30)31/h1-11,13-14,22,24,26-27H,12H2,(H2,23,28,29). The van der Waals surface area contributed by atoms with Crippen molar-refractivity contribution in [3.8, 4) is 5.75 Å². The fourth-order valence-corrected chi connectivity index (χ4v) is 5.99. The van der Waals surface area contributed by atoms with E-state index in [0.717, 1.165) is 10.5 Å². The summed E-state index contributed by atoms with van der Waals surface area (Å²) in [5, 5.41) is 24.5. The second-order valence-electron chi connectivity index (χ2n) is 7.50. The summed E-state index contributed by atoms with van der Waals surface area (Å²) in [4.78, 5) is 0. The maximum atomic E-state index is 12.5. The Morgan fingerprint density at radius 3 is 2.24 bits per heavy atom. The van der Waals surface area contributed by atoms with Crippen LogP contribution in [0, 0.1) is 0 Å². The third-order valence-corrected chi connectivity index (χ3v) is 7.64. The van der Waals surface area contributed by atoms with Crippen LogP contribution in [0.4, 0.5) is 5.69 Å². The highest BCUT2D eigenvalue weighted by Crippen LogP contribution is 2.35. The summed E-state index contributed by atoms with van der Waals surface area (Å²) < 4.78 is 51.8. The van der Waals surface area contributed by atoms with Gasteiger partial charge in [0, 0.05) is 0 Å². The minimum absolute atomic E-state index is 0.0460. The Morgan fingerprint density at radius 1 is 0.970 bits per heavy atom. The fraction of sp³-hybridized carbons (Fsp3) is 0.0909. The lowest BCUT2D eigenvalue weighted by atomic mass is 9.94. The molecule has 0 saturated heterocycles. The number of nitrogens with two attached hydrogens (primary N) is 1. The van der Waals surface area contributed by atoms with E-state index in [-0.39, 0.29) is 17.9 Å². The second-order valence-corrected chi connectivity index (χ2v) is 10.7. The Bertz CT molecular complexity index is 1440. The molecule has 4 rings (SSSR count). The van der Waals surface area contributed by atoms with Crippen molar-refractivity contribution in [3.05, 3.63) is 107 Å². The quantitative estimate of drug-likeness (QED) is 0.419. The summed E-state index contributed by atoms with van der Waals surface area (Å²) in [6.07, 6.45) is 1.20. The molecule has 1 atom stereocenters. The van der Waals surface area contributed by atoms with E-state index < -0.39 is 31.4 Å². The average Bonchev–Trinajstić information content (AvgIpc) is 3.01. The van der Waals surface area contributed by atoms with Crippen molar-refractivity contribution in [2.45, 2.75) is 11.7 Å². The maximum Gasteiger partial charge on any atom is 0.330 e. The van der Waals surface area contributed by atoms with Crippen LogP contribution in [0.1, 0.15) is 27.5 Å². The van der Waals surface area contributed by atoms with Crippen molar-refractivity contribution in [2.75, 3.05) is 4.31 Å². The number of rotatable bonds is 6. The summed E-state index contributed by atoms with van der Waals surface area (Å²) in [6, 6.07) is 20.0. The summed E-state index contributed by atoms with van der Waals surface area (Å²) in [5.74, 6) is -0.894. The van der Waals surface area contributed by atoms with Gasteiger partial charge in [-0.25, -0.2) is 22.6 Å². The molecule has 1 aliphatic rings. The van der Waals surface area contributed by atoms with Gasteiger partial charge in [0.1, 0.15) is 16.7 Å². The molecule has 0 bridgehead atoms. The number of aliphatic hydroxyl groups is 1. The minimum Gasteiger partial charge on any atom is -0.506 e. The Kier molecular flexibility index (Phi) is 5.78. The van der Waals surface area contributed by atoms with Gasteiger partial charge in [-0.3, -0.25) is 0 Å². The third kappa shape index (κ3) is 4.65. The average molecular weight is 488 g/mol. The van der Waals surface area contributed by atoms with Crippen LogP contribution >= 0.6 is 0 Å². The molecule has 172 valence electrons. The molecule has 0 aliphatic carbocycles. The first-order valence-electron chi connectivity index (χ1n) is 9.75. The molecule has 9 nitrogen and oxygen atoms in total. The lowest BCUT2D eigenvalue weighted by Gasteiger charge is -2.20. The first-order chi connectivity index (χ1) is 15.6. The smallest absolute Gasteiger partial charge is 0.330 e. The minimum atomic E-state index is -4.05. The molecule has 0 fully saturated rings. The van der Waals surface area contributed by atoms with Crippen molar-refractivity contribution < 1.29 is 27.0 Å². The van der Waals surface area contributed by atoms with E-state index in [1.54, 1.807) is 60.7 Å². The summed E-state index contributed by atoms with van der Waals surface area (Å²) >= 11 is 0. The van der Waals surface area contributed by atoms with E-state index in [1.165, 1.54) is 12.1 Å². The van der Waals surface area contributed by atoms with Crippen molar-refractivity contribution in [1.82, 2.24) is 4.72 Å². The maximum absolute atomic E-state index is 12.5. The number of aliphatic hydroxyl groups excluding tert-OH is 1. The van der Waals surface area contributed by atoms with Crippen molar-refractivity contribution in [2.24, 2.45) is 5.14 Å². The van der Waals surface area contributed by atoms with E-state index in [4.69, 9.17) is 5.14 Å². The molecular weight excluding hydrogens is 466 g/mol. The van der Waals surface area contributed by atoms with E-state index in [1.807, 2.05) is 4.72 Å². The Hall–Kier alpha value is -3.54. The van der Waals surface area contributed by atoms with Gasteiger partial charge >= 0.3 is 10.2 Å². The number of benzene rings is 3. The van der Waals surface area contributed by atoms with Crippen molar-refractivity contribution >= 4 is 25.9 Å². The molecule has 0 spiro atoms. The molecule has 11 heteroatoms. The number of phenolic OH excluding ortho intramolecular Hbond substituents is 1. The fourth-order valence-electron chi connectivity index (χ4n) is 3.80. The number of nitrogens with zero attached hydrogens (tertiary/aromatic N) is 1. The Morgan fingerprint density at radius 2 is 1.64 bits per heavy atom. The molecule has 1 unspecified atom stereocenters. The highest BCUT2D eigenvalue weighted by atomic mass is 32.2. The third-order valence-electron chi connectivity index (χ3n) is 5.17. The van der Waals surface area contributed by atoms with Crippen LogP contribution in [-0.4, -0.2) is 27.0 Å². The topological polar surface area (TPSA) is 150 Å². The number of nitrogens with one attached hydrogen (secondary N) is 1. The number of sulfonamides is 1. The molecule has 1 heterocycles. The van der Waals surface area contributed by atoms with Crippen LogP contribution in [0.5, 0.6) is 5.75 Å². The van der Waals surface area contributed by atoms with E-state index >= 15 is 0 Å².